The molecule has 1 atom stereocenters. The van der Waals surface area contributed by atoms with Gasteiger partial charge in [-0.15, -0.1) is 0 Å². The number of hydrogen-bond donors (Lipinski definition) is 0. The van der Waals surface area contributed by atoms with Crippen molar-refractivity contribution < 1.29 is 9.09 Å². The Labute approximate surface area is 59.0 Å². The maximum absolute atomic E-state index is 11.4. The molecule has 1 rings (SSSR count). The summed E-state index contributed by atoms with van der Waals surface area (Å²) >= 11 is 1.41. The molecule has 9 heavy (non-hydrogen) atoms. The molecule has 0 aromatic rings. The van der Waals surface area contributed by atoms with Crippen molar-refractivity contribution in [3.05, 3.63) is 0 Å². The largest absolute Gasteiger partial charge is 0.328 e. The summed E-state index contributed by atoms with van der Waals surface area (Å²) in [5, 5.41) is 0. The van der Waals surface area contributed by atoms with Gasteiger partial charge >= 0.3 is 6.72 Å². The lowest BCUT2D eigenvalue weighted by atomic mass is 10.9. The first kappa shape index (κ1) is 7.61. The minimum Gasteiger partial charge on any atom is -0.309 e. The molecule has 3 nitrogen and oxygen atoms in total. The van der Waals surface area contributed by atoms with Crippen molar-refractivity contribution in [2.75, 3.05) is 26.5 Å². The molecule has 54 valence electrons. The van der Waals surface area contributed by atoms with Gasteiger partial charge < -0.3 is 4.52 Å². The van der Waals surface area contributed by atoms with Gasteiger partial charge in [0, 0.05) is 5.75 Å². The van der Waals surface area contributed by atoms with Crippen LogP contribution in [-0.4, -0.2) is 31.1 Å². The summed E-state index contributed by atoms with van der Waals surface area (Å²) in [6.45, 7) is -1.77. The molecule has 0 bridgehead atoms. The molecule has 0 saturated carbocycles. The highest BCUT2D eigenvalue weighted by Gasteiger charge is 2.31. The van der Waals surface area contributed by atoms with Gasteiger partial charge in [-0.25, -0.2) is 4.67 Å². The molecule has 0 spiro atoms. The number of nitrogens with zero attached hydrogens (tertiary/aromatic N) is 1. The van der Waals surface area contributed by atoms with Crippen LogP contribution in [0.3, 0.4) is 0 Å². The lowest BCUT2D eigenvalue weighted by molar-refractivity contribution is 0.325. The summed E-state index contributed by atoms with van der Waals surface area (Å²) < 4.78 is 18.1. The first-order chi connectivity index (χ1) is 4.15. The molecule has 0 aliphatic carbocycles. The third-order valence-electron chi connectivity index (χ3n) is 1.08. The van der Waals surface area contributed by atoms with E-state index in [1.807, 2.05) is 0 Å². The molecule has 1 aliphatic rings. The third kappa shape index (κ3) is 1.49. The van der Waals surface area contributed by atoms with Gasteiger partial charge in [-0.3, -0.25) is 4.57 Å². The Morgan fingerprint density at radius 1 is 1.67 bits per heavy atom. The highest BCUT2D eigenvalue weighted by Crippen LogP contribution is 2.64. The van der Waals surface area contributed by atoms with Crippen molar-refractivity contribution in [3.63, 3.8) is 0 Å². The highest BCUT2D eigenvalue weighted by molar-refractivity contribution is 8.56. The monoisotopic (exact) mass is 167 g/mol. The predicted octanol–water partition coefficient (Wildman–Crippen LogP) is 1.42. The minimum atomic E-state index is -2.39. The molecule has 5 heteroatoms. The van der Waals surface area contributed by atoms with Gasteiger partial charge in [-0.1, -0.05) is 11.4 Å². The molecule has 1 aliphatic heterocycles. The normalized spacial score (nSPS) is 35.9. The van der Waals surface area contributed by atoms with E-state index in [4.69, 9.17) is 4.52 Å². The molecule has 0 radical (unpaired) electrons. The maximum Gasteiger partial charge on any atom is 0.328 e. The van der Waals surface area contributed by atoms with Crippen LogP contribution < -0.4 is 0 Å². The van der Waals surface area contributed by atoms with Gasteiger partial charge in [-0.05, 0) is 14.1 Å². The number of rotatable bonds is 1. The average molecular weight is 167 g/mol. The zero-order valence-corrected chi connectivity index (χ0v) is 7.24. The minimum absolute atomic E-state index is 0.625. The number of hydrogen-bond acceptors (Lipinski definition) is 3. The van der Waals surface area contributed by atoms with E-state index in [2.05, 4.69) is 0 Å². The second kappa shape index (κ2) is 2.62. The van der Waals surface area contributed by atoms with Crippen LogP contribution in [0.25, 0.3) is 0 Å². The molecular formula is C4H10NO2PS. The Kier molecular flexibility index (Phi) is 2.22. The van der Waals surface area contributed by atoms with Crippen LogP contribution in [0.5, 0.6) is 0 Å². The second-order valence-electron chi connectivity index (χ2n) is 1.98. The third-order valence-corrected chi connectivity index (χ3v) is 6.07. The standard InChI is InChI=1S/C4H10NO2PS/c1-5(2)8(6)7-3-4-9-8/h3-4H2,1-2H3. The molecule has 1 saturated heterocycles. The van der Waals surface area contributed by atoms with E-state index < -0.39 is 6.72 Å². The Morgan fingerprint density at radius 2 is 2.33 bits per heavy atom. The molecule has 1 fully saturated rings. The molecule has 0 aromatic carbocycles. The van der Waals surface area contributed by atoms with Crippen molar-refractivity contribution in [1.82, 2.24) is 4.67 Å². The van der Waals surface area contributed by atoms with Crippen molar-refractivity contribution >= 4 is 18.1 Å². The summed E-state index contributed by atoms with van der Waals surface area (Å²) in [7, 11) is 3.55. The smallest absolute Gasteiger partial charge is 0.309 e. The van der Waals surface area contributed by atoms with Crippen LogP contribution in [-0.2, 0) is 9.09 Å². The summed E-state index contributed by atoms with van der Waals surface area (Å²) in [4.78, 5) is 0. The van der Waals surface area contributed by atoms with E-state index in [-0.39, 0.29) is 0 Å². The van der Waals surface area contributed by atoms with Crippen LogP contribution in [0.1, 0.15) is 0 Å². The summed E-state index contributed by atoms with van der Waals surface area (Å²) in [5.41, 5.74) is 0. The highest BCUT2D eigenvalue weighted by atomic mass is 32.7. The van der Waals surface area contributed by atoms with Gasteiger partial charge in [0.25, 0.3) is 0 Å². The van der Waals surface area contributed by atoms with Gasteiger partial charge in [0.1, 0.15) is 0 Å². The van der Waals surface area contributed by atoms with E-state index in [0.29, 0.717) is 6.61 Å². The Hall–Kier alpha value is 0.500. The van der Waals surface area contributed by atoms with Gasteiger partial charge in [0.2, 0.25) is 0 Å². The van der Waals surface area contributed by atoms with Crippen LogP contribution >= 0.6 is 18.1 Å². The molecular weight excluding hydrogens is 157 g/mol. The molecule has 1 heterocycles. The van der Waals surface area contributed by atoms with Crippen LogP contribution in [0.15, 0.2) is 0 Å². The van der Waals surface area contributed by atoms with Crippen molar-refractivity contribution in [3.8, 4) is 0 Å². The fourth-order valence-electron chi connectivity index (χ4n) is 0.573. The van der Waals surface area contributed by atoms with E-state index in [0.717, 1.165) is 5.75 Å². The Morgan fingerprint density at radius 3 is 2.56 bits per heavy atom. The molecule has 0 amide bonds. The van der Waals surface area contributed by atoms with E-state index in [9.17, 15) is 4.57 Å². The first-order valence-electron chi connectivity index (χ1n) is 2.72. The zero-order chi connectivity index (χ0) is 6.91. The summed E-state index contributed by atoms with van der Waals surface area (Å²) in [5.74, 6) is 0.857. The predicted molar refractivity (Wildman–Crippen MR) is 39.7 cm³/mol. The lowest BCUT2D eigenvalue weighted by Gasteiger charge is -2.15. The van der Waals surface area contributed by atoms with Gasteiger partial charge in [-0.2, -0.15) is 0 Å². The molecule has 0 aromatic heterocycles. The summed E-state index contributed by atoms with van der Waals surface area (Å²) in [6.07, 6.45) is 0. The second-order valence-corrected chi connectivity index (χ2v) is 6.80. The Bertz CT molecular complexity index is 140. The fourth-order valence-corrected chi connectivity index (χ4v) is 4.00. The quantitative estimate of drug-likeness (QED) is 0.552. The molecule has 1 unspecified atom stereocenters. The van der Waals surface area contributed by atoms with Crippen LogP contribution in [0, 0.1) is 0 Å². The maximum atomic E-state index is 11.4. The Balaban J connectivity index is 2.62. The zero-order valence-electron chi connectivity index (χ0n) is 5.53. The van der Waals surface area contributed by atoms with Crippen LogP contribution in [0.2, 0.25) is 0 Å². The van der Waals surface area contributed by atoms with Crippen molar-refractivity contribution in [1.29, 1.82) is 0 Å². The first-order valence-corrected chi connectivity index (χ1v) is 5.89. The van der Waals surface area contributed by atoms with Gasteiger partial charge in [0.15, 0.2) is 0 Å². The van der Waals surface area contributed by atoms with E-state index in [1.165, 1.54) is 11.4 Å². The van der Waals surface area contributed by atoms with Gasteiger partial charge in [0.05, 0.1) is 6.61 Å². The molecule has 0 N–H and O–H groups in total. The topological polar surface area (TPSA) is 29.5 Å². The average Bonchev–Trinajstić information content (AvgIpc) is 2.16. The van der Waals surface area contributed by atoms with Crippen molar-refractivity contribution in [2.24, 2.45) is 0 Å². The SMILES string of the molecule is CN(C)P1(=O)OCCS1. The fraction of sp³-hybridized carbons (Fsp3) is 1.00. The van der Waals surface area contributed by atoms with E-state index >= 15 is 0 Å². The lowest BCUT2D eigenvalue weighted by Crippen LogP contribution is -2.04. The van der Waals surface area contributed by atoms with E-state index in [1.54, 1.807) is 18.8 Å². The summed E-state index contributed by atoms with van der Waals surface area (Å²) in [6, 6.07) is 0. The van der Waals surface area contributed by atoms with Crippen LogP contribution in [0.4, 0.5) is 0 Å². The van der Waals surface area contributed by atoms with Crippen molar-refractivity contribution in [2.45, 2.75) is 0 Å².